The van der Waals surface area contributed by atoms with E-state index in [1.807, 2.05) is 32.3 Å². The van der Waals surface area contributed by atoms with Crippen molar-refractivity contribution >= 4 is 21.8 Å². The molecule has 1 aromatic heterocycles. The maximum Gasteiger partial charge on any atom is 0.338 e. The van der Waals surface area contributed by atoms with E-state index in [-0.39, 0.29) is 28.0 Å². The predicted octanol–water partition coefficient (Wildman–Crippen LogP) is 2.64. The van der Waals surface area contributed by atoms with Gasteiger partial charge < -0.3 is 14.0 Å². The highest BCUT2D eigenvalue weighted by Crippen LogP contribution is 2.25. The SMILES string of the molecule is CNS(=O)(=O)c1cc(C(=O)OCC(=O)c2cc(C)n(C(C)C)c2C)ccc1OC. The van der Waals surface area contributed by atoms with Gasteiger partial charge in [0.1, 0.15) is 10.6 Å². The van der Waals surface area contributed by atoms with E-state index in [9.17, 15) is 18.0 Å². The summed E-state index contributed by atoms with van der Waals surface area (Å²) in [5.74, 6) is -1.03. The molecule has 9 heteroatoms. The standard InChI is InChI=1S/C20H26N2O6S/c1-12(2)22-13(3)9-16(14(22)4)17(23)11-28-20(24)15-7-8-18(27-6)19(10-15)29(25,26)21-5/h7-10,12,21H,11H2,1-6H3. The molecular formula is C20H26N2O6S. The van der Waals surface area contributed by atoms with Crippen molar-refractivity contribution in [2.75, 3.05) is 20.8 Å². The second-order valence-electron chi connectivity index (χ2n) is 6.82. The second kappa shape index (κ2) is 8.79. The summed E-state index contributed by atoms with van der Waals surface area (Å²) >= 11 is 0. The number of Topliss-reactive ketones (excluding diaryl/α,β-unsaturated/α-hetero) is 1. The second-order valence-corrected chi connectivity index (χ2v) is 8.68. The van der Waals surface area contributed by atoms with Crippen LogP contribution in [0.4, 0.5) is 0 Å². The molecule has 0 unspecified atom stereocenters. The first-order chi connectivity index (χ1) is 13.5. The molecule has 0 saturated heterocycles. The minimum absolute atomic E-state index is 0.0000723. The van der Waals surface area contributed by atoms with Gasteiger partial charge >= 0.3 is 5.97 Å². The minimum Gasteiger partial charge on any atom is -0.495 e. The number of hydrogen-bond acceptors (Lipinski definition) is 6. The van der Waals surface area contributed by atoms with Crippen LogP contribution in [-0.2, 0) is 14.8 Å². The molecule has 0 bridgehead atoms. The van der Waals surface area contributed by atoms with Gasteiger partial charge in [-0.15, -0.1) is 0 Å². The molecule has 0 aliphatic carbocycles. The number of nitrogens with zero attached hydrogens (tertiary/aromatic N) is 1. The number of sulfonamides is 1. The maximum atomic E-state index is 12.5. The number of rotatable bonds is 8. The smallest absolute Gasteiger partial charge is 0.338 e. The molecular weight excluding hydrogens is 396 g/mol. The molecule has 0 aliphatic rings. The molecule has 0 saturated carbocycles. The number of methoxy groups -OCH3 is 1. The molecule has 2 rings (SSSR count). The predicted molar refractivity (Wildman–Crippen MR) is 108 cm³/mol. The number of carbonyl (C=O) groups excluding carboxylic acids is 2. The molecule has 0 amide bonds. The Morgan fingerprint density at radius 3 is 2.34 bits per heavy atom. The molecule has 29 heavy (non-hydrogen) atoms. The Bertz CT molecular complexity index is 1040. The van der Waals surface area contributed by atoms with Gasteiger partial charge in [0.25, 0.3) is 0 Å². The number of nitrogens with one attached hydrogen (secondary N) is 1. The fraction of sp³-hybridized carbons (Fsp3) is 0.400. The Kier molecular flexibility index (Phi) is 6.86. The largest absolute Gasteiger partial charge is 0.495 e. The van der Waals surface area contributed by atoms with Gasteiger partial charge in [-0.2, -0.15) is 0 Å². The third kappa shape index (κ3) is 4.68. The van der Waals surface area contributed by atoms with Crippen molar-refractivity contribution in [3.8, 4) is 5.75 Å². The Balaban J connectivity index is 2.21. The lowest BCUT2D eigenvalue weighted by molar-refractivity contribution is 0.0474. The van der Waals surface area contributed by atoms with Crippen molar-refractivity contribution in [1.29, 1.82) is 0 Å². The Morgan fingerprint density at radius 1 is 1.17 bits per heavy atom. The van der Waals surface area contributed by atoms with Crippen LogP contribution in [0.15, 0.2) is 29.2 Å². The van der Waals surface area contributed by atoms with Crippen molar-refractivity contribution < 1.29 is 27.5 Å². The van der Waals surface area contributed by atoms with E-state index in [1.54, 1.807) is 6.07 Å². The van der Waals surface area contributed by atoms with E-state index in [2.05, 4.69) is 4.72 Å². The topological polar surface area (TPSA) is 104 Å². The number of aryl methyl sites for hydroxylation is 1. The minimum atomic E-state index is -3.84. The van der Waals surface area contributed by atoms with Crippen LogP contribution in [0.5, 0.6) is 5.75 Å². The highest BCUT2D eigenvalue weighted by atomic mass is 32.2. The van der Waals surface area contributed by atoms with Crippen LogP contribution in [0, 0.1) is 13.8 Å². The average molecular weight is 423 g/mol. The van der Waals surface area contributed by atoms with Crippen molar-refractivity contribution in [1.82, 2.24) is 9.29 Å². The van der Waals surface area contributed by atoms with E-state index in [0.717, 1.165) is 17.5 Å². The van der Waals surface area contributed by atoms with Gasteiger partial charge in [0.2, 0.25) is 15.8 Å². The normalized spacial score (nSPS) is 11.6. The molecule has 0 fully saturated rings. The lowest BCUT2D eigenvalue weighted by Gasteiger charge is -2.13. The van der Waals surface area contributed by atoms with Crippen LogP contribution in [0.3, 0.4) is 0 Å². The van der Waals surface area contributed by atoms with Crippen LogP contribution in [0.2, 0.25) is 0 Å². The summed E-state index contributed by atoms with van der Waals surface area (Å²) in [5, 5.41) is 0. The first-order valence-electron chi connectivity index (χ1n) is 9.03. The maximum absolute atomic E-state index is 12.5. The molecule has 1 N–H and O–H groups in total. The van der Waals surface area contributed by atoms with Gasteiger partial charge in [-0.05, 0) is 59.0 Å². The van der Waals surface area contributed by atoms with Gasteiger partial charge in [-0.3, -0.25) is 4.79 Å². The summed E-state index contributed by atoms with van der Waals surface area (Å²) in [6.45, 7) is 7.36. The summed E-state index contributed by atoms with van der Waals surface area (Å²) in [4.78, 5) is 24.7. The summed E-state index contributed by atoms with van der Waals surface area (Å²) < 4.78 is 38.7. The molecule has 158 valence electrons. The number of aromatic nitrogens is 1. The third-order valence-corrected chi connectivity index (χ3v) is 6.03. The average Bonchev–Trinajstić information content (AvgIpc) is 2.99. The fourth-order valence-corrected chi connectivity index (χ4v) is 4.19. The first-order valence-corrected chi connectivity index (χ1v) is 10.5. The molecule has 0 radical (unpaired) electrons. The van der Waals surface area contributed by atoms with Gasteiger partial charge in [0.05, 0.1) is 12.7 Å². The van der Waals surface area contributed by atoms with Gasteiger partial charge in [-0.1, -0.05) is 0 Å². The number of hydrogen-bond donors (Lipinski definition) is 1. The van der Waals surface area contributed by atoms with Gasteiger partial charge in [0.15, 0.2) is 6.61 Å². The molecule has 1 aromatic carbocycles. The summed E-state index contributed by atoms with van der Waals surface area (Å²) in [5.41, 5.74) is 2.26. The zero-order valence-corrected chi connectivity index (χ0v) is 18.2. The summed E-state index contributed by atoms with van der Waals surface area (Å²) in [6.07, 6.45) is 0. The Morgan fingerprint density at radius 2 is 1.83 bits per heavy atom. The lowest BCUT2D eigenvalue weighted by Crippen LogP contribution is -2.20. The third-order valence-electron chi connectivity index (χ3n) is 4.59. The number of carbonyl (C=O) groups is 2. The van der Waals surface area contributed by atoms with Crippen LogP contribution in [0.25, 0.3) is 0 Å². The van der Waals surface area contributed by atoms with Crippen LogP contribution in [0.1, 0.15) is 52.0 Å². The Hall–Kier alpha value is -2.65. The number of ether oxygens (including phenoxy) is 2. The van der Waals surface area contributed by atoms with Crippen molar-refractivity contribution in [2.24, 2.45) is 0 Å². The van der Waals surface area contributed by atoms with E-state index in [0.29, 0.717) is 5.56 Å². The summed E-state index contributed by atoms with van der Waals surface area (Å²) in [6, 6.07) is 5.87. The quantitative estimate of drug-likeness (QED) is 0.518. The van der Waals surface area contributed by atoms with Crippen molar-refractivity contribution in [3.05, 3.63) is 46.8 Å². The number of esters is 1. The molecule has 2 aromatic rings. The summed E-state index contributed by atoms with van der Waals surface area (Å²) in [7, 11) is -1.26. The molecule has 1 heterocycles. The van der Waals surface area contributed by atoms with E-state index in [1.165, 1.54) is 26.3 Å². The van der Waals surface area contributed by atoms with Crippen molar-refractivity contribution in [2.45, 2.75) is 38.6 Å². The Labute approximate surface area is 170 Å². The van der Waals surface area contributed by atoms with Crippen LogP contribution < -0.4 is 9.46 Å². The monoisotopic (exact) mass is 422 g/mol. The zero-order chi connectivity index (χ0) is 21.9. The van der Waals surface area contributed by atoms with Crippen LogP contribution >= 0.6 is 0 Å². The highest BCUT2D eigenvalue weighted by molar-refractivity contribution is 7.89. The van der Waals surface area contributed by atoms with E-state index in [4.69, 9.17) is 9.47 Å². The number of ketones is 1. The van der Waals surface area contributed by atoms with E-state index < -0.39 is 22.6 Å². The van der Waals surface area contributed by atoms with Gasteiger partial charge in [0, 0.05) is 23.0 Å². The van der Waals surface area contributed by atoms with Crippen LogP contribution in [-0.4, -0.2) is 45.5 Å². The first kappa shape index (κ1) is 22.6. The number of benzene rings is 1. The highest BCUT2D eigenvalue weighted by Gasteiger charge is 2.22. The molecule has 0 atom stereocenters. The molecule has 0 spiro atoms. The molecule has 8 nitrogen and oxygen atoms in total. The van der Waals surface area contributed by atoms with E-state index >= 15 is 0 Å². The lowest BCUT2D eigenvalue weighted by atomic mass is 10.1. The fourth-order valence-electron chi connectivity index (χ4n) is 3.27. The van der Waals surface area contributed by atoms with Gasteiger partial charge in [-0.25, -0.2) is 17.9 Å². The molecule has 0 aliphatic heterocycles. The van der Waals surface area contributed by atoms with Crippen molar-refractivity contribution in [3.63, 3.8) is 0 Å². The zero-order valence-electron chi connectivity index (χ0n) is 17.4.